The fourth-order valence-electron chi connectivity index (χ4n) is 3.75. The minimum absolute atomic E-state index is 0.0121. The van der Waals surface area contributed by atoms with Crippen LogP contribution in [0.2, 0.25) is 0 Å². The normalized spacial score (nSPS) is 15.8. The Morgan fingerprint density at radius 1 is 1.15 bits per heavy atom. The summed E-state index contributed by atoms with van der Waals surface area (Å²) >= 11 is 0. The lowest BCUT2D eigenvalue weighted by Crippen LogP contribution is -2.34. The predicted molar refractivity (Wildman–Crippen MR) is 106 cm³/mol. The molecule has 26 heavy (non-hydrogen) atoms. The van der Waals surface area contributed by atoms with E-state index in [0.717, 1.165) is 36.5 Å². The number of aryl methyl sites for hydroxylation is 2. The first kappa shape index (κ1) is 18.5. The summed E-state index contributed by atoms with van der Waals surface area (Å²) in [7, 11) is 1.96. The van der Waals surface area contributed by atoms with Crippen molar-refractivity contribution in [2.75, 3.05) is 18.0 Å². The van der Waals surface area contributed by atoms with Crippen molar-refractivity contribution in [1.29, 1.82) is 0 Å². The van der Waals surface area contributed by atoms with Crippen LogP contribution in [0.1, 0.15) is 53.5 Å². The molecule has 1 aromatic carbocycles. The van der Waals surface area contributed by atoms with E-state index in [1.165, 1.54) is 30.5 Å². The van der Waals surface area contributed by atoms with Gasteiger partial charge in [0.1, 0.15) is 0 Å². The average Bonchev–Trinajstić information content (AvgIpc) is 2.88. The maximum atomic E-state index is 12.6. The number of amides is 1. The van der Waals surface area contributed by atoms with Crippen molar-refractivity contribution in [2.45, 2.75) is 52.5 Å². The SMILES string of the molecule is Cc1nn(C)c(C)c1C[C@@H](C)NC(=O)c1ccc(N2CCCCC2)cc1. The second kappa shape index (κ2) is 7.94. The van der Waals surface area contributed by atoms with Crippen LogP contribution in [0.4, 0.5) is 5.69 Å². The summed E-state index contributed by atoms with van der Waals surface area (Å²) in [5.74, 6) is -0.0121. The number of rotatable bonds is 5. The average molecular weight is 354 g/mol. The molecule has 140 valence electrons. The molecule has 1 amide bonds. The van der Waals surface area contributed by atoms with Crippen LogP contribution in [-0.2, 0) is 13.5 Å². The molecule has 0 saturated carbocycles. The van der Waals surface area contributed by atoms with Gasteiger partial charge in [0.2, 0.25) is 0 Å². The molecule has 1 aromatic heterocycles. The molecule has 0 aliphatic carbocycles. The highest BCUT2D eigenvalue weighted by Crippen LogP contribution is 2.20. The van der Waals surface area contributed by atoms with Crippen LogP contribution in [0.25, 0.3) is 0 Å². The molecule has 0 unspecified atom stereocenters. The van der Waals surface area contributed by atoms with Gasteiger partial charge in [0.25, 0.3) is 5.91 Å². The molecule has 5 heteroatoms. The summed E-state index contributed by atoms with van der Waals surface area (Å²) in [6.07, 6.45) is 4.63. The van der Waals surface area contributed by atoms with Gasteiger partial charge in [0, 0.05) is 43.1 Å². The first-order valence-corrected chi connectivity index (χ1v) is 9.60. The summed E-state index contributed by atoms with van der Waals surface area (Å²) in [4.78, 5) is 15.0. The monoisotopic (exact) mass is 354 g/mol. The number of carbonyl (C=O) groups is 1. The van der Waals surface area contributed by atoms with Crippen molar-refractivity contribution in [3.05, 3.63) is 46.8 Å². The number of benzene rings is 1. The Bertz CT molecular complexity index is 757. The van der Waals surface area contributed by atoms with Crippen molar-refractivity contribution in [3.63, 3.8) is 0 Å². The second-order valence-corrected chi connectivity index (χ2v) is 7.45. The Kier molecular flexibility index (Phi) is 5.64. The third-order valence-corrected chi connectivity index (χ3v) is 5.40. The van der Waals surface area contributed by atoms with E-state index in [2.05, 4.69) is 34.4 Å². The summed E-state index contributed by atoms with van der Waals surface area (Å²) in [5.41, 5.74) is 5.36. The van der Waals surface area contributed by atoms with Crippen molar-refractivity contribution in [3.8, 4) is 0 Å². The van der Waals surface area contributed by atoms with E-state index in [4.69, 9.17) is 0 Å². The molecule has 2 aromatic rings. The van der Waals surface area contributed by atoms with Crippen LogP contribution in [0.5, 0.6) is 0 Å². The number of anilines is 1. The largest absolute Gasteiger partial charge is 0.372 e. The van der Waals surface area contributed by atoms with E-state index in [9.17, 15) is 4.79 Å². The minimum atomic E-state index is -0.0121. The Morgan fingerprint density at radius 2 is 1.81 bits per heavy atom. The number of hydrogen-bond acceptors (Lipinski definition) is 3. The molecule has 1 N–H and O–H groups in total. The Morgan fingerprint density at radius 3 is 2.38 bits per heavy atom. The molecule has 1 aliphatic rings. The standard InChI is InChI=1S/C21H30N4O/c1-15(14-20-16(2)23-24(4)17(20)3)22-21(26)18-8-10-19(11-9-18)25-12-6-5-7-13-25/h8-11,15H,5-7,12-14H2,1-4H3,(H,22,26)/t15-/m1/s1. The van der Waals surface area contributed by atoms with Gasteiger partial charge in [0.05, 0.1) is 5.69 Å². The zero-order valence-corrected chi connectivity index (χ0v) is 16.4. The summed E-state index contributed by atoms with van der Waals surface area (Å²) in [6.45, 7) is 8.38. The highest BCUT2D eigenvalue weighted by atomic mass is 16.1. The lowest BCUT2D eigenvalue weighted by atomic mass is 10.0. The van der Waals surface area contributed by atoms with Gasteiger partial charge in [-0.25, -0.2) is 0 Å². The fourth-order valence-corrected chi connectivity index (χ4v) is 3.75. The molecule has 5 nitrogen and oxygen atoms in total. The lowest BCUT2D eigenvalue weighted by molar-refractivity contribution is 0.0940. The number of piperidine rings is 1. The van der Waals surface area contributed by atoms with E-state index in [0.29, 0.717) is 0 Å². The minimum Gasteiger partial charge on any atom is -0.372 e. The second-order valence-electron chi connectivity index (χ2n) is 7.45. The highest BCUT2D eigenvalue weighted by Gasteiger charge is 2.16. The number of nitrogens with zero attached hydrogens (tertiary/aromatic N) is 3. The fraction of sp³-hybridized carbons (Fsp3) is 0.524. The van der Waals surface area contributed by atoms with Crippen molar-refractivity contribution in [2.24, 2.45) is 7.05 Å². The summed E-state index contributed by atoms with van der Waals surface area (Å²) < 4.78 is 1.90. The molecule has 1 aliphatic heterocycles. The third kappa shape index (κ3) is 4.09. The van der Waals surface area contributed by atoms with E-state index in [1.54, 1.807) is 0 Å². The number of hydrogen-bond donors (Lipinski definition) is 1. The molecule has 1 saturated heterocycles. The topological polar surface area (TPSA) is 50.2 Å². The van der Waals surface area contributed by atoms with Crippen LogP contribution in [0, 0.1) is 13.8 Å². The van der Waals surface area contributed by atoms with Crippen molar-refractivity contribution in [1.82, 2.24) is 15.1 Å². The van der Waals surface area contributed by atoms with Gasteiger partial charge < -0.3 is 10.2 Å². The molecule has 0 bridgehead atoms. The molecule has 3 rings (SSSR count). The molecule has 0 spiro atoms. The van der Waals surface area contributed by atoms with Gasteiger partial charge in [-0.2, -0.15) is 5.10 Å². The Hall–Kier alpha value is -2.30. The summed E-state index contributed by atoms with van der Waals surface area (Å²) in [6, 6.07) is 8.07. The summed E-state index contributed by atoms with van der Waals surface area (Å²) in [5, 5.41) is 7.57. The Labute approximate surface area is 156 Å². The molecule has 0 radical (unpaired) electrons. The van der Waals surface area contributed by atoms with E-state index < -0.39 is 0 Å². The predicted octanol–water partition coefficient (Wildman–Crippen LogP) is 3.39. The molecule has 2 heterocycles. The van der Waals surface area contributed by atoms with Crippen molar-refractivity contribution < 1.29 is 4.79 Å². The highest BCUT2D eigenvalue weighted by molar-refractivity contribution is 5.94. The first-order chi connectivity index (χ1) is 12.5. The smallest absolute Gasteiger partial charge is 0.251 e. The molecule has 1 atom stereocenters. The maximum absolute atomic E-state index is 12.6. The molecular weight excluding hydrogens is 324 g/mol. The number of nitrogens with one attached hydrogen (secondary N) is 1. The molecule has 1 fully saturated rings. The number of carbonyl (C=O) groups excluding carboxylic acids is 1. The van der Waals surface area contributed by atoms with Crippen LogP contribution in [0.15, 0.2) is 24.3 Å². The quantitative estimate of drug-likeness (QED) is 0.895. The molecular formula is C21H30N4O. The van der Waals surface area contributed by atoms with Gasteiger partial charge in [-0.1, -0.05) is 0 Å². The van der Waals surface area contributed by atoms with Gasteiger partial charge in [-0.3, -0.25) is 9.48 Å². The van der Waals surface area contributed by atoms with Crippen LogP contribution in [-0.4, -0.2) is 34.8 Å². The first-order valence-electron chi connectivity index (χ1n) is 9.60. The van der Waals surface area contributed by atoms with Gasteiger partial charge >= 0.3 is 0 Å². The van der Waals surface area contributed by atoms with E-state index >= 15 is 0 Å². The van der Waals surface area contributed by atoms with E-state index in [-0.39, 0.29) is 11.9 Å². The van der Waals surface area contributed by atoms with Gasteiger partial charge in [0.15, 0.2) is 0 Å². The van der Waals surface area contributed by atoms with Crippen LogP contribution >= 0.6 is 0 Å². The van der Waals surface area contributed by atoms with Crippen LogP contribution < -0.4 is 10.2 Å². The maximum Gasteiger partial charge on any atom is 0.251 e. The van der Waals surface area contributed by atoms with Crippen molar-refractivity contribution >= 4 is 11.6 Å². The van der Waals surface area contributed by atoms with E-state index in [1.807, 2.05) is 37.7 Å². The van der Waals surface area contributed by atoms with Crippen LogP contribution in [0.3, 0.4) is 0 Å². The lowest BCUT2D eigenvalue weighted by Gasteiger charge is -2.28. The Balaban J connectivity index is 1.60. The zero-order valence-electron chi connectivity index (χ0n) is 16.4. The zero-order chi connectivity index (χ0) is 18.7. The van der Waals surface area contributed by atoms with Gasteiger partial charge in [-0.15, -0.1) is 0 Å². The third-order valence-electron chi connectivity index (χ3n) is 5.40. The number of aromatic nitrogens is 2. The van der Waals surface area contributed by atoms with Gasteiger partial charge in [-0.05, 0) is 76.3 Å².